The van der Waals surface area contributed by atoms with Crippen molar-refractivity contribution in [1.82, 2.24) is 0 Å². The molecule has 1 aliphatic heterocycles. The van der Waals surface area contributed by atoms with Gasteiger partial charge in [-0.3, -0.25) is 4.99 Å². The maximum absolute atomic E-state index is 6.28. The lowest BCUT2D eigenvalue weighted by molar-refractivity contribution is 0.587. The summed E-state index contributed by atoms with van der Waals surface area (Å²) in [6.45, 7) is 9.25. The van der Waals surface area contributed by atoms with Gasteiger partial charge in [0.25, 0.3) is 0 Å². The van der Waals surface area contributed by atoms with E-state index >= 15 is 0 Å². The number of aliphatic imine (C=N–C) groups is 1. The molecule has 0 aromatic heterocycles. The first-order valence-corrected chi connectivity index (χ1v) is 7.99. The molecule has 1 aromatic rings. The molecule has 4 nitrogen and oxygen atoms in total. The number of hydrogen-bond donors (Lipinski definition) is 3. The Kier molecular flexibility index (Phi) is 5.01. The second-order valence-corrected chi connectivity index (χ2v) is 7.12. The van der Waals surface area contributed by atoms with Crippen LogP contribution in [0.1, 0.15) is 39.7 Å². The molecule has 0 unspecified atom stereocenters. The minimum atomic E-state index is -0.150. The molecule has 1 heterocycles. The summed E-state index contributed by atoms with van der Waals surface area (Å²) in [5.41, 5.74) is 9.57. The molecule has 0 aliphatic carbocycles. The number of rotatable bonds is 2. The van der Waals surface area contributed by atoms with Gasteiger partial charge in [-0.25, -0.2) is 0 Å². The van der Waals surface area contributed by atoms with Gasteiger partial charge in [-0.1, -0.05) is 11.6 Å². The molecule has 1 aromatic carbocycles. The van der Waals surface area contributed by atoms with E-state index in [1.165, 1.54) is 0 Å². The summed E-state index contributed by atoms with van der Waals surface area (Å²) >= 11 is 6.28. The van der Waals surface area contributed by atoms with Gasteiger partial charge in [-0.05, 0) is 46.2 Å². The standard InChI is InChI=1S/C17H25ClN4/c1-11-5-6-20-15-8-13(18)7-14(16(15)22-11)12(9-19)10-21-17(2,3)4/h7-11,20,22H,5-6,19H2,1-4H3/t11-/m1/s1. The number of allylic oxidation sites excluding steroid dienone is 1. The summed E-state index contributed by atoms with van der Waals surface area (Å²) in [6, 6.07) is 4.26. The van der Waals surface area contributed by atoms with Crippen molar-refractivity contribution in [2.75, 3.05) is 17.2 Å². The zero-order valence-corrected chi connectivity index (χ0v) is 14.5. The van der Waals surface area contributed by atoms with Crippen molar-refractivity contribution < 1.29 is 0 Å². The summed E-state index contributed by atoms with van der Waals surface area (Å²) in [4.78, 5) is 4.56. The molecule has 0 saturated heterocycles. The number of fused-ring (bicyclic) bond motifs is 1. The molecule has 0 amide bonds. The SMILES string of the molecule is C[C@@H]1CCNc2cc(Cl)cc(C(C=NC(C)(C)C)=CN)c2N1. The van der Waals surface area contributed by atoms with Gasteiger partial charge in [0, 0.05) is 41.2 Å². The Labute approximate surface area is 137 Å². The maximum Gasteiger partial charge on any atom is 0.0659 e. The van der Waals surface area contributed by atoms with E-state index in [1.807, 2.05) is 18.3 Å². The third kappa shape index (κ3) is 4.17. The average molecular weight is 321 g/mol. The van der Waals surface area contributed by atoms with Crippen LogP contribution in [0.4, 0.5) is 11.4 Å². The smallest absolute Gasteiger partial charge is 0.0659 e. The fourth-order valence-corrected chi connectivity index (χ4v) is 2.56. The van der Waals surface area contributed by atoms with E-state index < -0.39 is 0 Å². The van der Waals surface area contributed by atoms with E-state index in [0.717, 1.165) is 35.5 Å². The molecular weight excluding hydrogens is 296 g/mol. The van der Waals surface area contributed by atoms with Crippen LogP contribution < -0.4 is 16.4 Å². The van der Waals surface area contributed by atoms with Crippen molar-refractivity contribution in [2.45, 2.75) is 45.7 Å². The number of nitrogens with zero attached hydrogens (tertiary/aromatic N) is 1. The summed E-state index contributed by atoms with van der Waals surface area (Å²) < 4.78 is 0. The second-order valence-electron chi connectivity index (χ2n) is 6.69. The van der Waals surface area contributed by atoms with Crippen LogP contribution in [0.2, 0.25) is 5.02 Å². The Morgan fingerprint density at radius 2 is 2.14 bits per heavy atom. The van der Waals surface area contributed by atoms with Crippen LogP contribution in [-0.4, -0.2) is 24.3 Å². The fourth-order valence-electron chi connectivity index (χ4n) is 2.34. The quantitative estimate of drug-likeness (QED) is 0.718. The van der Waals surface area contributed by atoms with Gasteiger partial charge in [-0.15, -0.1) is 0 Å². The van der Waals surface area contributed by atoms with E-state index in [2.05, 4.69) is 43.3 Å². The topological polar surface area (TPSA) is 62.4 Å². The van der Waals surface area contributed by atoms with Crippen molar-refractivity contribution >= 4 is 34.8 Å². The highest BCUT2D eigenvalue weighted by atomic mass is 35.5. The molecule has 1 aliphatic rings. The molecule has 0 bridgehead atoms. The van der Waals surface area contributed by atoms with E-state index in [-0.39, 0.29) is 5.54 Å². The molecule has 120 valence electrons. The average Bonchev–Trinajstić information content (AvgIpc) is 2.59. The number of nitrogens with one attached hydrogen (secondary N) is 2. The van der Waals surface area contributed by atoms with Gasteiger partial charge in [0.2, 0.25) is 0 Å². The van der Waals surface area contributed by atoms with E-state index in [1.54, 1.807) is 6.20 Å². The highest BCUT2D eigenvalue weighted by molar-refractivity contribution is 6.31. The van der Waals surface area contributed by atoms with E-state index in [0.29, 0.717) is 11.1 Å². The summed E-state index contributed by atoms with van der Waals surface area (Å²) in [6.07, 6.45) is 4.45. The van der Waals surface area contributed by atoms with Gasteiger partial charge in [-0.2, -0.15) is 0 Å². The van der Waals surface area contributed by atoms with E-state index in [4.69, 9.17) is 17.3 Å². The number of hydrogen-bond acceptors (Lipinski definition) is 4. The van der Waals surface area contributed by atoms with E-state index in [9.17, 15) is 0 Å². The number of benzene rings is 1. The number of nitrogens with two attached hydrogens (primary N) is 1. The Hall–Kier alpha value is -1.68. The lowest BCUT2D eigenvalue weighted by atomic mass is 10.0. The Morgan fingerprint density at radius 3 is 2.77 bits per heavy atom. The molecular formula is C17H25ClN4. The van der Waals surface area contributed by atoms with Crippen molar-refractivity contribution in [3.63, 3.8) is 0 Å². The van der Waals surface area contributed by atoms with Crippen LogP contribution >= 0.6 is 11.6 Å². The van der Waals surface area contributed by atoms with Crippen LogP contribution in [-0.2, 0) is 0 Å². The molecule has 1 atom stereocenters. The minimum Gasteiger partial charge on any atom is -0.404 e. The summed E-state index contributed by atoms with van der Waals surface area (Å²) in [7, 11) is 0. The van der Waals surface area contributed by atoms with Gasteiger partial charge >= 0.3 is 0 Å². The van der Waals surface area contributed by atoms with Crippen LogP contribution in [0, 0.1) is 0 Å². The van der Waals surface area contributed by atoms with Crippen molar-refractivity contribution in [3.8, 4) is 0 Å². The zero-order valence-electron chi connectivity index (χ0n) is 13.7. The summed E-state index contributed by atoms with van der Waals surface area (Å²) in [5.74, 6) is 0. The highest BCUT2D eigenvalue weighted by Gasteiger charge is 2.18. The van der Waals surface area contributed by atoms with Gasteiger partial charge in [0.15, 0.2) is 0 Å². The first-order chi connectivity index (χ1) is 10.3. The minimum absolute atomic E-state index is 0.150. The van der Waals surface area contributed by atoms with Crippen LogP contribution in [0.5, 0.6) is 0 Å². The monoisotopic (exact) mass is 320 g/mol. The Bertz CT molecular complexity index is 599. The fraction of sp³-hybridized carbons (Fsp3) is 0.471. The second kappa shape index (κ2) is 6.61. The maximum atomic E-state index is 6.28. The zero-order chi connectivity index (χ0) is 16.3. The van der Waals surface area contributed by atoms with Crippen molar-refractivity contribution in [1.29, 1.82) is 0 Å². The van der Waals surface area contributed by atoms with Crippen LogP contribution in [0.3, 0.4) is 0 Å². The van der Waals surface area contributed by atoms with Crippen molar-refractivity contribution in [3.05, 3.63) is 28.9 Å². The first-order valence-electron chi connectivity index (χ1n) is 7.61. The summed E-state index contributed by atoms with van der Waals surface area (Å²) in [5, 5.41) is 7.66. The molecule has 22 heavy (non-hydrogen) atoms. The highest BCUT2D eigenvalue weighted by Crippen LogP contribution is 2.36. The molecule has 0 saturated carbocycles. The molecule has 0 fully saturated rings. The van der Waals surface area contributed by atoms with Crippen LogP contribution in [0.25, 0.3) is 5.57 Å². The Morgan fingerprint density at radius 1 is 1.41 bits per heavy atom. The normalized spacial score (nSPS) is 19.3. The predicted octanol–water partition coefficient (Wildman–Crippen LogP) is 4.12. The molecule has 5 heteroatoms. The molecule has 0 radical (unpaired) electrons. The van der Waals surface area contributed by atoms with Gasteiger partial charge in [0.1, 0.15) is 0 Å². The van der Waals surface area contributed by atoms with Gasteiger partial charge < -0.3 is 16.4 Å². The largest absolute Gasteiger partial charge is 0.404 e. The lowest BCUT2D eigenvalue weighted by Crippen LogP contribution is -2.16. The molecule has 0 spiro atoms. The molecule has 2 rings (SSSR count). The number of halogens is 1. The van der Waals surface area contributed by atoms with Crippen LogP contribution in [0.15, 0.2) is 23.3 Å². The lowest BCUT2D eigenvalue weighted by Gasteiger charge is -2.18. The van der Waals surface area contributed by atoms with Crippen molar-refractivity contribution in [2.24, 2.45) is 10.7 Å². The Balaban J connectivity index is 2.49. The number of anilines is 2. The molecule has 4 N–H and O–H groups in total. The van der Waals surface area contributed by atoms with Gasteiger partial charge in [0.05, 0.1) is 16.9 Å². The third-order valence-electron chi connectivity index (χ3n) is 3.47. The third-order valence-corrected chi connectivity index (χ3v) is 3.69. The first kappa shape index (κ1) is 16.7. The predicted molar refractivity (Wildman–Crippen MR) is 98.1 cm³/mol.